The van der Waals surface area contributed by atoms with Crippen LogP contribution < -0.4 is 21.9 Å². The molecule has 0 saturated carbocycles. The number of fused-ring (bicyclic) bond motifs is 1. The summed E-state index contributed by atoms with van der Waals surface area (Å²) in [4.78, 5) is 52.0. The van der Waals surface area contributed by atoms with Crippen molar-refractivity contribution in [1.29, 1.82) is 0 Å². The first kappa shape index (κ1) is 26.6. The monoisotopic (exact) mass is 512 g/mol. The fraction of sp³-hybridized carbons (Fsp3) is 0.267. The molecule has 2 N–H and O–H groups in total. The van der Waals surface area contributed by atoms with Crippen LogP contribution in [0.1, 0.15) is 37.8 Å². The van der Waals surface area contributed by atoms with E-state index in [1.165, 1.54) is 4.57 Å². The summed E-state index contributed by atoms with van der Waals surface area (Å²) in [7, 11) is 0. The van der Waals surface area contributed by atoms with Gasteiger partial charge in [0.05, 0.1) is 23.0 Å². The SMILES string of the molecule is CCCCNC(=O)Cc1ccc(-n2c(=O)c3ccccc3n(CC(=O)Nc3ccc(CC)cc3)c2=O)cc1. The maximum atomic E-state index is 13.6. The van der Waals surface area contributed by atoms with E-state index in [1.54, 1.807) is 48.5 Å². The number of unbranched alkanes of at least 4 members (excludes halogenated alkanes) is 1. The Hall–Kier alpha value is -4.46. The number of amides is 2. The predicted octanol–water partition coefficient (Wildman–Crippen LogP) is 3.81. The quantitative estimate of drug-likeness (QED) is 0.316. The Bertz CT molecular complexity index is 1550. The number of hydrogen-bond acceptors (Lipinski definition) is 4. The Morgan fingerprint density at radius 3 is 2.18 bits per heavy atom. The van der Waals surface area contributed by atoms with Gasteiger partial charge in [0.15, 0.2) is 0 Å². The Morgan fingerprint density at radius 1 is 0.816 bits per heavy atom. The van der Waals surface area contributed by atoms with Gasteiger partial charge in [0, 0.05) is 12.2 Å². The zero-order valence-corrected chi connectivity index (χ0v) is 21.7. The number of benzene rings is 3. The normalized spacial score (nSPS) is 10.9. The molecule has 0 spiro atoms. The minimum atomic E-state index is -0.616. The average molecular weight is 513 g/mol. The van der Waals surface area contributed by atoms with Gasteiger partial charge in [-0.15, -0.1) is 0 Å². The molecule has 8 heteroatoms. The van der Waals surface area contributed by atoms with Crippen LogP contribution in [0.3, 0.4) is 0 Å². The minimum Gasteiger partial charge on any atom is -0.356 e. The molecule has 0 radical (unpaired) electrons. The molecule has 0 saturated heterocycles. The lowest BCUT2D eigenvalue weighted by atomic mass is 10.1. The first-order valence-electron chi connectivity index (χ1n) is 12.9. The number of aryl methyl sites for hydroxylation is 1. The summed E-state index contributed by atoms with van der Waals surface area (Å²) in [5, 5.41) is 6.03. The second-order valence-electron chi connectivity index (χ2n) is 9.17. The summed E-state index contributed by atoms with van der Waals surface area (Å²) >= 11 is 0. The molecule has 0 aliphatic carbocycles. The highest BCUT2D eigenvalue weighted by Gasteiger charge is 2.17. The lowest BCUT2D eigenvalue weighted by molar-refractivity contribution is -0.120. The van der Waals surface area contributed by atoms with E-state index in [9.17, 15) is 19.2 Å². The summed E-state index contributed by atoms with van der Waals surface area (Å²) in [6, 6.07) is 21.0. The van der Waals surface area contributed by atoms with E-state index in [-0.39, 0.29) is 24.8 Å². The van der Waals surface area contributed by atoms with Crippen molar-refractivity contribution in [1.82, 2.24) is 14.5 Å². The van der Waals surface area contributed by atoms with Gasteiger partial charge >= 0.3 is 5.69 Å². The molecular weight excluding hydrogens is 480 g/mol. The Morgan fingerprint density at radius 2 is 1.50 bits per heavy atom. The van der Waals surface area contributed by atoms with Crippen molar-refractivity contribution in [2.75, 3.05) is 11.9 Å². The summed E-state index contributed by atoms with van der Waals surface area (Å²) in [5.41, 5.74) is 2.22. The lowest BCUT2D eigenvalue weighted by Gasteiger charge is -2.15. The average Bonchev–Trinajstić information content (AvgIpc) is 2.92. The molecule has 4 aromatic rings. The zero-order chi connectivity index (χ0) is 27.1. The molecule has 3 aromatic carbocycles. The second kappa shape index (κ2) is 12.2. The molecule has 1 heterocycles. The Kier molecular flexibility index (Phi) is 8.53. The van der Waals surface area contributed by atoms with Gasteiger partial charge in [-0.25, -0.2) is 9.36 Å². The number of nitrogens with one attached hydrogen (secondary N) is 2. The zero-order valence-electron chi connectivity index (χ0n) is 21.7. The molecular formula is C30H32N4O4. The summed E-state index contributed by atoms with van der Waals surface area (Å²) in [6.45, 7) is 4.49. The van der Waals surface area contributed by atoms with Crippen LogP contribution in [-0.2, 0) is 29.0 Å². The number of para-hydroxylation sites is 1. The molecule has 2 amide bonds. The van der Waals surface area contributed by atoms with Crippen molar-refractivity contribution in [3.63, 3.8) is 0 Å². The molecule has 1 aromatic heterocycles. The van der Waals surface area contributed by atoms with Crippen molar-refractivity contribution in [2.24, 2.45) is 0 Å². The number of nitrogens with zero attached hydrogens (tertiary/aromatic N) is 2. The van der Waals surface area contributed by atoms with Crippen LogP contribution >= 0.6 is 0 Å². The van der Waals surface area contributed by atoms with Crippen molar-refractivity contribution in [3.8, 4) is 5.69 Å². The molecule has 4 rings (SSSR count). The van der Waals surface area contributed by atoms with Gasteiger partial charge in [-0.3, -0.25) is 19.0 Å². The van der Waals surface area contributed by atoms with E-state index in [2.05, 4.69) is 24.5 Å². The summed E-state index contributed by atoms with van der Waals surface area (Å²) in [5.74, 6) is -0.456. The molecule has 0 aliphatic heterocycles. The maximum absolute atomic E-state index is 13.6. The first-order chi connectivity index (χ1) is 18.4. The van der Waals surface area contributed by atoms with E-state index >= 15 is 0 Å². The highest BCUT2D eigenvalue weighted by atomic mass is 16.2. The van der Waals surface area contributed by atoms with E-state index in [4.69, 9.17) is 0 Å². The van der Waals surface area contributed by atoms with Gasteiger partial charge in [0.2, 0.25) is 11.8 Å². The molecule has 38 heavy (non-hydrogen) atoms. The van der Waals surface area contributed by atoms with Gasteiger partial charge in [-0.2, -0.15) is 0 Å². The second-order valence-corrected chi connectivity index (χ2v) is 9.17. The third-order valence-corrected chi connectivity index (χ3v) is 6.41. The van der Waals surface area contributed by atoms with Gasteiger partial charge in [0.1, 0.15) is 6.54 Å². The van der Waals surface area contributed by atoms with Crippen LogP contribution in [0.25, 0.3) is 16.6 Å². The van der Waals surface area contributed by atoms with E-state index in [1.807, 2.05) is 24.3 Å². The van der Waals surface area contributed by atoms with Crippen molar-refractivity contribution in [3.05, 3.63) is 105 Å². The highest BCUT2D eigenvalue weighted by Crippen LogP contribution is 2.13. The van der Waals surface area contributed by atoms with Gasteiger partial charge in [-0.05, 0) is 60.4 Å². The number of carbonyl (C=O) groups excluding carboxylic acids is 2. The van der Waals surface area contributed by atoms with Gasteiger partial charge in [-0.1, -0.05) is 56.7 Å². The highest BCUT2D eigenvalue weighted by molar-refractivity contribution is 5.91. The topological polar surface area (TPSA) is 102 Å². The molecule has 0 bridgehead atoms. The molecule has 0 aliphatic rings. The van der Waals surface area contributed by atoms with Crippen LogP contribution in [-0.4, -0.2) is 27.5 Å². The van der Waals surface area contributed by atoms with Crippen LogP contribution in [0.2, 0.25) is 0 Å². The molecule has 8 nitrogen and oxygen atoms in total. The first-order valence-corrected chi connectivity index (χ1v) is 12.9. The number of anilines is 1. The summed E-state index contributed by atoms with van der Waals surface area (Å²) in [6.07, 6.45) is 3.02. The van der Waals surface area contributed by atoms with E-state index < -0.39 is 11.2 Å². The molecule has 0 unspecified atom stereocenters. The van der Waals surface area contributed by atoms with Gasteiger partial charge < -0.3 is 10.6 Å². The molecule has 0 fully saturated rings. The van der Waals surface area contributed by atoms with Crippen molar-refractivity contribution in [2.45, 2.75) is 46.1 Å². The maximum Gasteiger partial charge on any atom is 0.336 e. The smallest absolute Gasteiger partial charge is 0.336 e. The van der Waals surface area contributed by atoms with Crippen LogP contribution in [0.5, 0.6) is 0 Å². The third-order valence-electron chi connectivity index (χ3n) is 6.41. The fourth-order valence-electron chi connectivity index (χ4n) is 4.28. The number of hydrogen-bond donors (Lipinski definition) is 2. The third kappa shape index (κ3) is 6.08. The number of aromatic nitrogens is 2. The number of carbonyl (C=O) groups is 2. The largest absolute Gasteiger partial charge is 0.356 e. The van der Waals surface area contributed by atoms with Crippen molar-refractivity contribution < 1.29 is 9.59 Å². The van der Waals surface area contributed by atoms with E-state index in [0.717, 1.165) is 35.0 Å². The molecule has 196 valence electrons. The number of rotatable bonds is 10. The fourth-order valence-corrected chi connectivity index (χ4v) is 4.28. The molecule has 0 atom stereocenters. The Balaban J connectivity index is 1.63. The van der Waals surface area contributed by atoms with E-state index in [0.29, 0.717) is 28.8 Å². The van der Waals surface area contributed by atoms with Crippen LogP contribution in [0, 0.1) is 0 Å². The van der Waals surface area contributed by atoms with Crippen molar-refractivity contribution >= 4 is 28.4 Å². The predicted molar refractivity (Wildman–Crippen MR) is 150 cm³/mol. The minimum absolute atomic E-state index is 0.0771. The van der Waals surface area contributed by atoms with Gasteiger partial charge in [0.25, 0.3) is 5.56 Å². The standard InChI is InChI=1S/C30H32N4O4/c1-3-5-18-31-27(35)19-22-12-16-24(17-13-22)34-29(37)25-8-6-7-9-26(25)33(30(34)38)20-28(36)32-23-14-10-21(4-2)11-15-23/h6-17H,3-5,18-20H2,1-2H3,(H,31,35)(H,32,36). The van der Waals surface area contributed by atoms with Crippen LogP contribution in [0.15, 0.2) is 82.4 Å². The lowest BCUT2D eigenvalue weighted by Crippen LogP contribution is -2.40. The summed E-state index contributed by atoms with van der Waals surface area (Å²) < 4.78 is 2.37. The van der Waals surface area contributed by atoms with Crippen LogP contribution in [0.4, 0.5) is 5.69 Å². The Labute approximate surface area is 220 Å².